The molecule has 0 radical (unpaired) electrons. The zero-order chi connectivity index (χ0) is 14.1. The second kappa shape index (κ2) is 4.73. The Hall–Kier alpha value is -2.76. The molecule has 0 atom stereocenters. The van der Waals surface area contributed by atoms with Gasteiger partial charge in [-0.25, -0.2) is 9.97 Å². The number of aromatic nitrogens is 3. The van der Waals surface area contributed by atoms with Crippen LogP contribution >= 0.6 is 0 Å². The van der Waals surface area contributed by atoms with E-state index < -0.39 is 0 Å². The molecule has 6 heteroatoms. The number of nitrogens with one attached hydrogen (secondary N) is 1. The summed E-state index contributed by atoms with van der Waals surface area (Å²) in [5.41, 5.74) is 7.97. The number of imidazole rings is 1. The summed E-state index contributed by atoms with van der Waals surface area (Å²) in [5.74, 6) is 2.48. The van der Waals surface area contributed by atoms with Crippen molar-refractivity contribution in [3.63, 3.8) is 0 Å². The first kappa shape index (κ1) is 12.3. The Morgan fingerprint density at radius 1 is 1.00 bits per heavy atom. The topological polar surface area (TPSA) is 86.0 Å². The van der Waals surface area contributed by atoms with Gasteiger partial charge >= 0.3 is 0 Å². The van der Waals surface area contributed by atoms with Gasteiger partial charge in [-0.15, -0.1) is 0 Å². The number of pyridine rings is 1. The molecule has 0 amide bonds. The van der Waals surface area contributed by atoms with E-state index in [1.165, 1.54) is 0 Å². The van der Waals surface area contributed by atoms with Crippen molar-refractivity contribution in [2.75, 3.05) is 20.0 Å². The van der Waals surface area contributed by atoms with E-state index in [-0.39, 0.29) is 0 Å². The molecule has 0 bridgehead atoms. The second-order valence-electron chi connectivity index (χ2n) is 4.26. The summed E-state index contributed by atoms with van der Waals surface area (Å²) in [6.45, 7) is 0. The molecular weight excluding hydrogens is 256 g/mol. The zero-order valence-corrected chi connectivity index (χ0v) is 11.2. The Bertz CT molecular complexity index is 767. The van der Waals surface area contributed by atoms with Gasteiger partial charge < -0.3 is 20.2 Å². The van der Waals surface area contributed by atoms with Crippen molar-refractivity contribution in [1.29, 1.82) is 0 Å². The number of anilines is 1. The van der Waals surface area contributed by atoms with Crippen LogP contribution in [0.25, 0.3) is 22.6 Å². The Morgan fingerprint density at radius 2 is 1.80 bits per heavy atom. The number of ether oxygens (including phenoxy) is 2. The van der Waals surface area contributed by atoms with E-state index in [0.29, 0.717) is 28.8 Å². The minimum Gasteiger partial charge on any atom is -0.493 e. The molecule has 0 saturated carbocycles. The summed E-state index contributed by atoms with van der Waals surface area (Å²) in [5, 5.41) is 0. The fraction of sp³-hybridized carbons (Fsp3) is 0.143. The molecule has 102 valence electrons. The molecule has 3 rings (SSSR count). The van der Waals surface area contributed by atoms with Crippen LogP contribution in [0.15, 0.2) is 30.3 Å². The lowest BCUT2D eigenvalue weighted by Gasteiger charge is -2.08. The number of H-pyrrole nitrogens is 1. The SMILES string of the molecule is COc1ccc(-c2nc3nc(N)ccc3[nH]2)cc1OC. The molecule has 0 spiro atoms. The van der Waals surface area contributed by atoms with E-state index >= 15 is 0 Å². The lowest BCUT2D eigenvalue weighted by molar-refractivity contribution is 0.355. The maximum Gasteiger partial charge on any atom is 0.180 e. The first-order valence-corrected chi connectivity index (χ1v) is 6.06. The first-order valence-electron chi connectivity index (χ1n) is 6.06. The van der Waals surface area contributed by atoms with Gasteiger partial charge in [-0.05, 0) is 30.3 Å². The van der Waals surface area contributed by atoms with Gasteiger partial charge in [0.2, 0.25) is 0 Å². The van der Waals surface area contributed by atoms with E-state index in [1.807, 2.05) is 24.3 Å². The number of hydrogen-bond acceptors (Lipinski definition) is 5. The average Bonchev–Trinajstić information content (AvgIpc) is 2.89. The van der Waals surface area contributed by atoms with Crippen molar-refractivity contribution < 1.29 is 9.47 Å². The largest absolute Gasteiger partial charge is 0.493 e. The molecule has 2 heterocycles. The molecule has 0 unspecified atom stereocenters. The maximum atomic E-state index is 5.65. The highest BCUT2D eigenvalue weighted by Crippen LogP contribution is 2.31. The predicted octanol–water partition coefficient (Wildman–Crippen LogP) is 2.22. The fourth-order valence-corrected chi connectivity index (χ4v) is 2.03. The Balaban J connectivity index is 2.10. The molecule has 20 heavy (non-hydrogen) atoms. The minimum absolute atomic E-state index is 0.447. The van der Waals surface area contributed by atoms with Crippen LogP contribution in [0, 0.1) is 0 Å². The van der Waals surface area contributed by atoms with Gasteiger partial charge in [-0.2, -0.15) is 0 Å². The number of nitrogens with two attached hydrogens (primary N) is 1. The predicted molar refractivity (Wildman–Crippen MR) is 76.8 cm³/mol. The van der Waals surface area contributed by atoms with Crippen molar-refractivity contribution in [2.24, 2.45) is 0 Å². The molecule has 0 aliphatic carbocycles. The summed E-state index contributed by atoms with van der Waals surface area (Å²) in [4.78, 5) is 11.8. The monoisotopic (exact) mass is 270 g/mol. The van der Waals surface area contributed by atoms with Crippen LogP contribution in [-0.4, -0.2) is 29.2 Å². The molecule has 0 aliphatic heterocycles. The molecule has 3 N–H and O–H groups in total. The van der Waals surface area contributed by atoms with Gasteiger partial charge in [0.15, 0.2) is 17.1 Å². The fourth-order valence-electron chi connectivity index (χ4n) is 2.03. The standard InChI is InChI=1S/C14H14N4O2/c1-19-10-5-3-8(7-11(10)20-2)13-16-9-4-6-12(15)17-14(9)18-13/h3-7H,1-2H3,(H3,15,16,17,18). The summed E-state index contributed by atoms with van der Waals surface area (Å²) < 4.78 is 10.5. The van der Waals surface area contributed by atoms with Crippen LogP contribution in [0.5, 0.6) is 11.5 Å². The Kier molecular flexibility index (Phi) is 2.90. The molecule has 1 aromatic carbocycles. The molecule has 2 aromatic heterocycles. The number of rotatable bonds is 3. The Labute approximate surface area is 115 Å². The summed E-state index contributed by atoms with van der Waals surface area (Å²) in [7, 11) is 3.20. The smallest absolute Gasteiger partial charge is 0.180 e. The molecule has 0 saturated heterocycles. The van der Waals surface area contributed by atoms with Crippen molar-refractivity contribution >= 4 is 17.0 Å². The zero-order valence-electron chi connectivity index (χ0n) is 11.2. The number of methoxy groups -OCH3 is 2. The number of nitrogens with zero attached hydrogens (tertiary/aromatic N) is 2. The number of benzene rings is 1. The number of fused-ring (bicyclic) bond motifs is 1. The highest BCUT2D eigenvalue weighted by molar-refractivity contribution is 5.77. The van der Waals surface area contributed by atoms with Gasteiger partial charge in [-0.3, -0.25) is 0 Å². The van der Waals surface area contributed by atoms with Crippen molar-refractivity contribution in [3.8, 4) is 22.9 Å². The van der Waals surface area contributed by atoms with Crippen LogP contribution < -0.4 is 15.2 Å². The van der Waals surface area contributed by atoms with Gasteiger partial charge in [0, 0.05) is 5.56 Å². The summed E-state index contributed by atoms with van der Waals surface area (Å²) in [6.07, 6.45) is 0. The third-order valence-electron chi connectivity index (χ3n) is 3.02. The van der Waals surface area contributed by atoms with E-state index in [4.69, 9.17) is 15.2 Å². The van der Waals surface area contributed by atoms with E-state index in [1.54, 1.807) is 20.3 Å². The Morgan fingerprint density at radius 3 is 2.55 bits per heavy atom. The van der Waals surface area contributed by atoms with E-state index in [2.05, 4.69) is 15.0 Å². The van der Waals surface area contributed by atoms with Crippen LogP contribution in [-0.2, 0) is 0 Å². The quantitative estimate of drug-likeness (QED) is 0.762. The number of aromatic amines is 1. The number of nitrogen functional groups attached to an aromatic ring is 1. The minimum atomic E-state index is 0.447. The molecule has 0 fully saturated rings. The van der Waals surface area contributed by atoms with Gasteiger partial charge in [0.25, 0.3) is 0 Å². The van der Waals surface area contributed by atoms with Crippen molar-refractivity contribution in [3.05, 3.63) is 30.3 Å². The maximum absolute atomic E-state index is 5.65. The van der Waals surface area contributed by atoms with Gasteiger partial charge in [0.1, 0.15) is 11.6 Å². The van der Waals surface area contributed by atoms with Crippen LogP contribution in [0.3, 0.4) is 0 Å². The van der Waals surface area contributed by atoms with Crippen LogP contribution in [0.2, 0.25) is 0 Å². The molecule has 6 nitrogen and oxygen atoms in total. The van der Waals surface area contributed by atoms with Crippen molar-refractivity contribution in [2.45, 2.75) is 0 Å². The molecule has 3 aromatic rings. The van der Waals surface area contributed by atoms with E-state index in [0.717, 1.165) is 11.1 Å². The highest BCUT2D eigenvalue weighted by atomic mass is 16.5. The summed E-state index contributed by atoms with van der Waals surface area (Å²) in [6, 6.07) is 9.19. The molecule has 0 aliphatic rings. The van der Waals surface area contributed by atoms with Gasteiger partial charge in [0.05, 0.1) is 19.7 Å². The highest BCUT2D eigenvalue weighted by Gasteiger charge is 2.10. The van der Waals surface area contributed by atoms with Crippen LogP contribution in [0.1, 0.15) is 0 Å². The lowest BCUT2D eigenvalue weighted by Crippen LogP contribution is -1.91. The van der Waals surface area contributed by atoms with Crippen LogP contribution in [0.4, 0.5) is 5.82 Å². The first-order chi connectivity index (χ1) is 9.71. The average molecular weight is 270 g/mol. The van der Waals surface area contributed by atoms with Gasteiger partial charge in [-0.1, -0.05) is 0 Å². The third-order valence-corrected chi connectivity index (χ3v) is 3.02. The normalized spacial score (nSPS) is 10.7. The second-order valence-corrected chi connectivity index (χ2v) is 4.26. The number of hydrogen-bond donors (Lipinski definition) is 2. The lowest BCUT2D eigenvalue weighted by atomic mass is 10.2. The molecular formula is C14H14N4O2. The van der Waals surface area contributed by atoms with Crippen molar-refractivity contribution in [1.82, 2.24) is 15.0 Å². The van der Waals surface area contributed by atoms with E-state index in [9.17, 15) is 0 Å². The third kappa shape index (κ3) is 2.01. The summed E-state index contributed by atoms with van der Waals surface area (Å²) >= 11 is 0.